The van der Waals surface area contributed by atoms with Crippen LogP contribution >= 0.6 is 23.2 Å². The molecule has 0 unspecified atom stereocenters. The number of amides is 4. The fourth-order valence-electron chi connectivity index (χ4n) is 4.84. The molecule has 6 rings (SSSR count). The zero-order valence-corrected chi connectivity index (χ0v) is 24.6. The first-order valence-electron chi connectivity index (χ1n) is 13.6. The largest absolute Gasteiger partial charge is 0.489 e. The van der Waals surface area contributed by atoms with E-state index in [1.807, 2.05) is 48.5 Å². The van der Waals surface area contributed by atoms with E-state index in [-0.39, 0.29) is 24.5 Å². The summed E-state index contributed by atoms with van der Waals surface area (Å²) in [5, 5.41) is 5.44. The molecule has 1 N–H and O–H groups in total. The Bertz CT molecular complexity index is 1930. The predicted molar refractivity (Wildman–Crippen MR) is 171 cm³/mol. The van der Waals surface area contributed by atoms with Gasteiger partial charge in [-0.3, -0.25) is 14.9 Å². The van der Waals surface area contributed by atoms with Gasteiger partial charge in [0.25, 0.3) is 11.8 Å². The average Bonchev–Trinajstić information content (AvgIpc) is 3.02. The molecule has 1 aliphatic rings. The molecular formula is C35H24Cl2N2O5. The summed E-state index contributed by atoms with van der Waals surface area (Å²) < 4.78 is 12.0. The number of rotatable bonds is 8. The van der Waals surface area contributed by atoms with E-state index >= 15 is 0 Å². The number of barbiturate groups is 1. The van der Waals surface area contributed by atoms with Crippen LogP contribution in [-0.2, 0) is 22.8 Å². The first-order valence-corrected chi connectivity index (χ1v) is 14.4. The number of urea groups is 1. The number of carbonyl (C=O) groups excluding carboxylic acids is 3. The minimum absolute atomic E-state index is 0.196. The number of imide groups is 2. The van der Waals surface area contributed by atoms with Gasteiger partial charge in [-0.05, 0) is 64.9 Å². The Hall–Kier alpha value is -5.11. The molecular weight excluding hydrogens is 599 g/mol. The van der Waals surface area contributed by atoms with Crippen LogP contribution in [-0.4, -0.2) is 17.8 Å². The monoisotopic (exact) mass is 622 g/mol. The van der Waals surface area contributed by atoms with Crippen molar-refractivity contribution in [3.63, 3.8) is 0 Å². The minimum atomic E-state index is -0.848. The van der Waals surface area contributed by atoms with Crippen molar-refractivity contribution < 1.29 is 23.9 Å². The maximum Gasteiger partial charge on any atom is 0.335 e. The zero-order chi connectivity index (χ0) is 30.6. The van der Waals surface area contributed by atoms with Crippen molar-refractivity contribution in [2.75, 3.05) is 4.90 Å². The van der Waals surface area contributed by atoms with E-state index in [1.54, 1.807) is 60.7 Å². The molecule has 1 heterocycles. The lowest BCUT2D eigenvalue weighted by Crippen LogP contribution is -2.54. The highest BCUT2D eigenvalue weighted by atomic mass is 35.5. The van der Waals surface area contributed by atoms with Crippen molar-refractivity contribution in [2.45, 2.75) is 13.2 Å². The number of benzene rings is 5. The highest BCUT2D eigenvalue weighted by molar-refractivity contribution is 6.39. The maximum atomic E-state index is 13.5. The summed E-state index contributed by atoms with van der Waals surface area (Å²) in [5.74, 6) is -0.572. The minimum Gasteiger partial charge on any atom is -0.489 e. The number of fused-ring (bicyclic) bond motifs is 1. The Labute approximate surface area is 263 Å². The Balaban J connectivity index is 1.20. The number of anilines is 1. The molecule has 7 nitrogen and oxygen atoms in total. The van der Waals surface area contributed by atoms with Crippen LogP contribution in [0.2, 0.25) is 10.0 Å². The van der Waals surface area contributed by atoms with Crippen molar-refractivity contribution in [2.24, 2.45) is 0 Å². The predicted octanol–water partition coefficient (Wildman–Crippen LogP) is 7.97. The number of nitrogens with one attached hydrogen (secondary N) is 1. The summed E-state index contributed by atoms with van der Waals surface area (Å²) in [6, 6.07) is 31.8. The van der Waals surface area contributed by atoms with Gasteiger partial charge in [-0.15, -0.1) is 0 Å². The van der Waals surface area contributed by atoms with Crippen molar-refractivity contribution in [1.29, 1.82) is 0 Å². The summed E-state index contributed by atoms with van der Waals surface area (Å²) in [7, 11) is 0. The highest BCUT2D eigenvalue weighted by Gasteiger charge is 2.37. The molecule has 4 amide bonds. The molecule has 0 spiro atoms. The lowest BCUT2D eigenvalue weighted by atomic mass is 10.0. The van der Waals surface area contributed by atoms with Crippen LogP contribution in [0.25, 0.3) is 16.8 Å². The Morgan fingerprint density at radius 2 is 1.45 bits per heavy atom. The van der Waals surface area contributed by atoms with Crippen molar-refractivity contribution in [3.8, 4) is 11.5 Å². The highest BCUT2D eigenvalue weighted by Crippen LogP contribution is 2.29. The number of hydrogen-bond acceptors (Lipinski definition) is 5. The lowest BCUT2D eigenvalue weighted by Gasteiger charge is -2.26. The molecule has 9 heteroatoms. The van der Waals surface area contributed by atoms with Gasteiger partial charge in [0.15, 0.2) is 0 Å². The van der Waals surface area contributed by atoms with Gasteiger partial charge in [-0.1, -0.05) is 89.9 Å². The van der Waals surface area contributed by atoms with E-state index < -0.39 is 17.8 Å². The third kappa shape index (κ3) is 6.15. The fraction of sp³-hybridized carbons (Fsp3) is 0.0571. The van der Waals surface area contributed by atoms with E-state index in [0.29, 0.717) is 27.1 Å². The number of ether oxygens (including phenoxy) is 2. The number of nitrogens with zero attached hydrogens (tertiary/aromatic N) is 1. The molecule has 0 aromatic heterocycles. The quantitative estimate of drug-likeness (QED) is 0.140. The van der Waals surface area contributed by atoms with E-state index in [2.05, 4.69) is 5.32 Å². The van der Waals surface area contributed by atoms with Gasteiger partial charge in [0.2, 0.25) is 0 Å². The van der Waals surface area contributed by atoms with Gasteiger partial charge in [0.05, 0.1) is 5.69 Å². The molecule has 44 heavy (non-hydrogen) atoms. The van der Waals surface area contributed by atoms with Crippen LogP contribution in [0.3, 0.4) is 0 Å². The summed E-state index contributed by atoms with van der Waals surface area (Å²) in [6.45, 7) is 0.479. The van der Waals surface area contributed by atoms with Crippen LogP contribution in [0.1, 0.15) is 16.7 Å². The molecule has 1 fully saturated rings. The molecule has 1 aliphatic heterocycles. The smallest absolute Gasteiger partial charge is 0.335 e. The topological polar surface area (TPSA) is 84.9 Å². The van der Waals surface area contributed by atoms with E-state index in [0.717, 1.165) is 26.8 Å². The van der Waals surface area contributed by atoms with Crippen LogP contribution in [0, 0.1) is 0 Å². The van der Waals surface area contributed by atoms with E-state index in [9.17, 15) is 14.4 Å². The third-order valence-corrected chi connectivity index (χ3v) is 7.67. The van der Waals surface area contributed by atoms with Crippen LogP contribution in [0.15, 0.2) is 115 Å². The standard InChI is InChI=1S/C35H24Cl2N2O5/c36-26-13-12-25(31(37)19-26)21-43-28-16-14-27(15-17-28)39-34(41)30(33(40)38-35(39)42)18-23-7-2-4-11-32(23)44-20-24-9-5-8-22-6-1-3-10-29(22)24/h1-19H,20-21H2,(H,38,40,42)/b30-18+. The second kappa shape index (κ2) is 12.6. The van der Waals surface area contributed by atoms with E-state index in [1.165, 1.54) is 6.08 Å². The molecule has 0 aliphatic carbocycles. The number of para-hydroxylation sites is 1. The number of halogens is 2. The van der Waals surface area contributed by atoms with Crippen LogP contribution < -0.4 is 19.7 Å². The van der Waals surface area contributed by atoms with Crippen LogP contribution in [0.5, 0.6) is 11.5 Å². The molecule has 0 bridgehead atoms. The Morgan fingerprint density at radius 3 is 2.27 bits per heavy atom. The van der Waals surface area contributed by atoms with Gasteiger partial charge >= 0.3 is 6.03 Å². The van der Waals surface area contributed by atoms with Crippen molar-refractivity contribution in [3.05, 3.63) is 142 Å². The first kappa shape index (κ1) is 29.0. The third-order valence-electron chi connectivity index (χ3n) is 7.09. The van der Waals surface area contributed by atoms with Gasteiger partial charge < -0.3 is 9.47 Å². The summed E-state index contributed by atoms with van der Waals surface area (Å²) in [6.07, 6.45) is 1.43. The summed E-state index contributed by atoms with van der Waals surface area (Å²) >= 11 is 12.2. The van der Waals surface area contributed by atoms with Gasteiger partial charge in [-0.2, -0.15) is 0 Å². The molecule has 5 aromatic carbocycles. The summed E-state index contributed by atoms with van der Waals surface area (Å²) in [5.41, 5.74) is 2.33. The van der Waals surface area contributed by atoms with Gasteiger partial charge in [0, 0.05) is 21.2 Å². The molecule has 0 atom stereocenters. The zero-order valence-electron chi connectivity index (χ0n) is 23.1. The SMILES string of the molecule is O=C1NC(=O)N(c2ccc(OCc3ccc(Cl)cc3Cl)cc2)C(=O)/C1=C/c1ccccc1OCc1cccc2ccccc12. The second-order valence-electron chi connectivity index (χ2n) is 9.94. The Kier molecular flexibility index (Phi) is 8.32. The normalized spacial score (nSPS) is 14.2. The molecule has 0 saturated carbocycles. The molecule has 0 radical (unpaired) electrons. The van der Waals surface area contributed by atoms with Gasteiger partial charge in [-0.25, -0.2) is 9.69 Å². The number of carbonyl (C=O) groups is 3. The van der Waals surface area contributed by atoms with Gasteiger partial charge in [0.1, 0.15) is 30.3 Å². The fourth-order valence-corrected chi connectivity index (χ4v) is 5.31. The number of hydrogen-bond donors (Lipinski definition) is 1. The summed E-state index contributed by atoms with van der Waals surface area (Å²) in [4.78, 5) is 40.0. The van der Waals surface area contributed by atoms with Crippen LogP contribution in [0.4, 0.5) is 10.5 Å². The van der Waals surface area contributed by atoms with Crippen molar-refractivity contribution in [1.82, 2.24) is 5.32 Å². The lowest BCUT2D eigenvalue weighted by molar-refractivity contribution is -0.122. The Morgan fingerprint density at radius 1 is 0.727 bits per heavy atom. The molecule has 5 aromatic rings. The maximum absolute atomic E-state index is 13.5. The average molecular weight is 623 g/mol. The second-order valence-corrected chi connectivity index (χ2v) is 10.8. The van der Waals surface area contributed by atoms with E-state index in [4.69, 9.17) is 32.7 Å². The molecule has 218 valence electrons. The first-order chi connectivity index (χ1) is 21.4. The molecule has 1 saturated heterocycles. The van der Waals surface area contributed by atoms with Crippen molar-refractivity contribution >= 4 is 63.6 Å².